The Morgan fingerprint density at radius 2 is 1.72 bits per heavy atom. The maximum Gasteiger partial charge on any atom is 0.257 e. The normalized spacial score (nSPS) is 10.4. The van der Waals surface area contributed by atoms with Crippen molar-refractivity contribution in [2.24, 2.45) is 5.92 Å². The standard InChI is InChI=1S/C18H18Cl2N2O2S/c1-11(2)10-24-16-5-3-15(4-6-16)21-18(25)22-17(23)12-7-13(19)9-14(20)8-12/h3-9,11H,10H2,1-2H3,(H2,21,22,23,25). The monoisotopic (exact) mass is 396 g/mol. The van der Waals surface area contributed by atoms with Crippen LogP contribution in [0.2, 0.25) is 10.0 Å². The number of benzene rings is 2. The van der Waals surface area contributed by atoms with Crippen molar-refractivity contribution in [1.29, 1.82) is 0 Å². The minimum Gasteiger partial charge on any atom is -0.493 e. The van der Waals surface area contributed by atoms with Gasteiger partial charge in [-0.1, -0.05) is 37.0 Å². The highest BCUT2D eigenvalue weighted by molar-refractivity contribution is 7.80. The molecule has 4 nitrogen and oxygen atoms in total. The molecule has 132 valence electrons. The molecule has 2 aromatic rings. The predicted octanol–water partition coefficient (Wildman–Crippen LogP) is 5.16. The van der Waals surface area contributed by atoms with Crippen molar-refractivity contribution in [2.75, 3.05) is 11.9 Å². The third-order valence-corrected chi connectivity index (χ3v) is 3.69. The van der Waals surface area contributed by atoms with E-state index in [-0.39, 0.29) is 5.11 Å². The van der Waals surface area contributed by atoms with E-state index in [1.54, 1.807) is 6.07 Å². The molecule has 0 aromatic heterocycles. The minimum absolute atomic E-state index is 0.178. The summed E-state index contributed by atoms with van der Waals surface area (Å²) in [5, 5.41) is 6.47. The highest BCUT2D eigenvalue weighted by atomic mass is 35.5. The van der Waals surface area contributed by atoms with Gasteiger partial charge in [-0.05, 0) is 60.6 Å². The number of nitrogens with one attached hydrogen (secondary N) is 2. The summed E-state index contributed by atoms with van der Waals surface area (Å²) in [7, 11) is 0. The van der Waals surface area contributed by atoms with Crippen molar-refractivity contribution in [1.82, 2.24) is 5.32 Å². The van der Waals surface area contributed by atoms with Crippen LogP contribution in [0, 0.1) is 5.92 Å². The van der Waals surface area contributed by atoms with E-state index in [9.17, 15) is 4.79 Å². The lowest BCUT2D eigenvalue weighted by Crippen LogP contribution is -2.34. The van der Waals surface area contributed by atoms with Crippen molar-refractivity contribution in [3.63, 3.8) is 0 Å². The summed E-state index contributed by atoms with van der Waals surface area (Å²) in [4.78, 5) is 12.2. The summed E-state index contributed by atoms with van der Waals surface area (Å²) in [5.74, 6) is 0.849. The molecule has 0 saturated heterocycles. The van der Waals surface area contributed by atoms with Crippen LogP contribution in [-0.4, -0.2) is 17.6 Å². The van der Waals surface area contributed by atoms with Crippen LogP contribution in [-0.2, 0) is 0 Å². The van der Waals surface area contributed by atoms with Gasteiger partial charge in [-0.2, -0.15) is 0 Å². The van der Waals surface area contributed by atoms with E-state index in [2.05, 4.69) is 24.5 Å². The number of hydrogen-bond acceptors (Lipinski definition) is 3. The molecule has 0 radical (unpaired) electrons. The van der Waals surface area contributed by atoms with E-state index >= 15 is 0 Å². The van der Waals surface area contributed by atoms with Crippen LogP contribution in [0.3, 0.4) is 0 Å². The third kappa shape index (κ3) is 6.53. The Bertz CT molecular complexity index is 744. The van der Waals surface area contributed by atoms with Crippen LogP contribution in [0.4, 0.5) is 5.69 Å². The summed E-state index contributed by atoms with van der Waals surface area (Å²) in [6.45, 7) is 4.83. The van der Waals surface area contributed by atoms with Gasteiger partial charge >= 0.3 is 0 Å². The van der Waals surface area contributed by atoms with E-state index in [0.717, 1.165) is 11.4 Å². The van der Waals surface area contributed by atoms with Gasteiger partial charge < -0.3 is 10.1 Å². The SMILES string of the molecule is CC(C)COc1ccc(NC(=S)NC(=O)c2cc(Cl)cc(Cl)c2)cc1. The first-order valence-electron chi connectivity index (χ1n) is 7.65. The van der Waals surface area contributed by atoms with Crippen molar-refractivity contribution < 1.29 is 9.53 Å². The van der Waals surface area contributed by atoms with E-state index in [1.165, 1.54) is 12.1 Å². The Hall–Kier alpha value is -1.82. The molecule has 0 atom stereocenters. The summed E-state index contributed by atoms with van der Waals surface area (Å²) >= 11 is 16.9. The number of carbonyl (C=O) groups is 1. The van der Waals surface area contributed by atoms with Gasteiger partial charge in [0.05, 0.1) is 6.61 Å². The van der Waals surface area contributed by atoms with Crippen LogP contribution in [0.5, 0.6) is 5.75 Å². The number of carbonyl (C=O) groups excluding carboxylic acids is 1. The molecule has 25 heavy (non-hydrogen) atoms. The van der Waals surface area contributed by atoms with Gasteiger partial charge in [-0.3, -0.25) is 10.1 Å². The van der Waals surface area contributed by atoms with E-state index in [4.69, 9.17) is 40.2 Å². The van der Waals surface area contributed by atoms with Crippen LogP contribution in [0.25, 0.3) is 0 Å². The predicted molar refractivity (Wildman–Crippen MR) is 107 cm³/mol. The molecule has 0 heterocycles. The van der Waals surface area contributed by atoms with Gasteiger partial charge in [-0.15, -0.1) is 0 Å². The highest BCUT2D eigenvalue weighted by Gasteiger charge is 2.10. The largest absolute Gasteiger partial charge is 0.493 e. The molecule has 1 amide bonds. The number of halogens is 2. The van der Waals surface area contributed by atoms with E-state index < -0.39 is 5.91 Å². The zero-order chi connectivity index (χ0) is 18.4. The van der Waals surface area contributed by atoms with Crippen molar-refractivity contribution in [3.05, 3.63) is 58.1 Å². The zero-order valence-corrected chi connectivity index (χ0v) is 16.1. The fourth-order valence-electron chi connectivity index (χ4n) is 1.92. The Labute approximate surface area is 162 Å². The van der Waals surface area contributed by atoms with E-state index in [1.807, 2.05) is 24.3 Å². The first kappa shape index (κ1) is 19.5. The number of hydrogen-bond donors (Lipinski definition) is 2. The van der Waals surface area contributed by atoms with Crippen LogP contribution >= 0.6 is 35.4 Å². The number of anilines is 1. The molecule has 0 spiro atoms. The lowest BCUT2D eigenvalue weighted by atomic mass is 10.2. The number of amides is 1. The summed E-state index contributed by atoms with van der Waals surface area (Å²) in [5.41, 5.74) is 1.07. The maximum absolute atomic E-state index is 12.2. The number of rotatable bonds is 5. The van der Waals surface area contributed by atoms with Gasteiger partial charge in [0.25, 0.3) is 5.91 Å². The zero-order valence-electron chi connectivity index (χ0n) is 13.8. The Balaban J connectivity index is 1.92. The second-order valence-electron chi connectivity index (χ2n) is 5.80. The Kier molecular flexibility index (Phi) is 7.05. The molecular weight excluding hydrogens is 379 g/mol. The van der Waals surface area contributed by atoms with Crippen LogP contribution < -0.4 is 15.4 Å². The summed E-state index contributed by atoms with van der Waals surface area (Å²) < 4.78 is 5.62. The van der Waals surface area contributed by atoms with E-state index in [0.29, 0.717) is 28.1 Å². The first-order chi connectivity index (χ1) is 11.8. The van der Waals surface area contributed by atoms with Crippen LogP contribution in [0.15, 0.2) is 42.5 Å². The average molecular weight is 397 g/mol. The minimum atomic E-state index is -0.390. The van der Waals surface area contributed by atoms with Gasteiger partial charge in [0.2, 0.25) is 0 Å². The summed E-state index contributed by atoms with van der Waals surface area (Å²) in [6.07, 6.45) is 0. The molecular formula is C18H18Cl2N2O2S. The smallest absolute Gasteiger partial charge is 0.257 e. The number of thiocarbonyl (C=S) groups is 1. The maximum atomic E-state index is 12.2. The van der Waals surface area contributed by atoms with Gasteiger partial charge in [0, 0.05) is 21.3 Å². The Morgan fingerprint density at radius 3 is 2.28 bits per heavy atom. The Morgan fingerprint density at radius 1 is 1.12 bits per heavy atom. The molecule has 0 saturated carbocycles. The lowest BCUT2D eigenvalue weighted by Gasteiger charge is -2.12. The second-order valence-corrected chi connectivity index (χ2v) is 7.08. The molecule has 0 aliphatic rings. The molecule has 2 aromatic carbocycles. The molecule has 7 heteroatoms. The van der Waals surface area contributed by atoms with Gasteiger partial charge in [0.1, 0.15) is 5.75 Å². The molecule has 2 N–H and O–H groups in total. The second kappa shape index (κ2) is 9.04. The molecule has 0 aliphatic carbocycles. The van der Waals surface area contributed by atoms with Crippen molar-refractivity contribution in [3.8, 4) is 5.75 Å². The highest BCUT2D eigenvalue weighted by Crippen LogP contribution is 2.19. The molecule has 0 aliphatic heterocycles. The number of ether oxygens (including phenoxy) is 1. The topological polar surface area (TPSA) is 50.4 Å². The first-order valence-corrected chi connectivity index (χ1v) is 8.81. The fraction of sp³-hybridized carbons (Fsp3) is 0.222. The molecule has 0 fully saturated rings. The summed E-state index contributed by atoms with van der Waals surface area (Å²) in [6, 6.07) is 11.9. The average Bonchev–Trinajstić information content (AvgIpc) is 2.53. The lowest BCUT2D eigenvalue weighted by molar-refractivity contribution is 0.0977. The molecule has 0 unspecified atom stereocenters. The third-order valence-electron chi connectivity index (χ3n) is 3.05. The fourth-order valence-corrected chi connectivity index (χ4v) is 2.66. The molecule has 0 bridgehead atoms. The van der Waals surface area contributed by atoms with Crippen LogP contribution in [0.1, 0.15) is 24.2 Å². The van der Waals surface area contributed by atoms with Gasteiger partial charge in [-0.25, -0.2) is 0 Å². The van der Waals surface area contributed by atoms with Crippen molar-refractivity contribution >= 4 is 52.1 Å². The van der Waals surface area contributed by atoms with Gasteiger partial charge in [0.15, 0.2) is 5.11 Å². The molecule has 2 rings (SSSR count). The quantitative estimate of drug-likeness (QED) is 0.685. The van der Waals surface area contributed by atoms with Crippen molar-refractivity contribution in [2.45, 2.75) is 13.8 Å².